The monoisotopic (exact) mass is 264 g/mol. The van der Waals surface area contributed by atoms with Gasteiger partial charge in [0.2, 0.25) is 5.95 Å². The van der Waals surface area contributed by atoms with E-state index in [1.54, 1.807) is 18.6 Å². The maximum absolute atomic E-state index is 4.10. The van der Waals surface area contributed by atoms with Gasteiger partial charge in [-0.25, -0.2) is 9.97 Å². The van der Waals surface area contributed by atoms with Gasteiger partial charge in [-0.05, 0) is 27.6 Å². The molecule has 0 saturated carbocycles. The molecule has 0 radical (unpaired) electrons. The van der Waals surface area contributed by atoms with Gasteiger partial charge in [0.05, 0.1) is 4.47 Å². The largest absolute Gasteiger partial charge is 0.350 e. The third-order valence-electron chi connectivity index (χ3n) is 1.79. The summed E-state index contributed by atoms with van der Waals surface area (Å²) in [6, 6.07) is 3.90. The fourth-order valence-corrected chi connectivity index (χ4v) is 1.29. The zero-order valence-corrected chi connectivity index (χ0v) is 9.48. The molecule has 0 unspecified atom stereocenters. The molecule has 0 aliphatic rings. The first-order chi connectivity index (χ1) is 7.34. The van der Waals surface area contributed by atoms with Gasteiger partial charge in [0.1, 0.15) is 0 Å². The first-order valence-electron chi connectivity index (χ1n) is 4.45. The number of hydrogen-bond acceptors (Lipinski definition) is 4. The van der Waals surface area contributed by atoms with Crippen LogP contribution in [0.15, 0.2) is 41.4 Å². The highest BCUT2D eigenvalue weighted by molar-refractivity contribution is 9.10. The van der Waals surface area contributed by atoms with Crippen LogP contribution in [0.2, 0.25) is 0 Å². The first kappa shape index (κ1) is 10.0. The summed E-state index contributed by atoms with van der Waals surface area (Å²) < 4.78 is 0.870. The van der Waals surface area contributed by atoms with E-state index in [2.05, 4.69) is 36.2 Å². The third-order valence-corrected chi connectivity index (χ3v) is 2.20. The maximum Gasteiger partial charge on any atom is 0.222 e. The van der Waals surface area contributed by atoms with Gasteiger partial charge in [-0.15, -0.1) is 0 Å². The minimum atomic E-state index is 0.613. The van der Waals surface area contributed by atoms with Crippen molar-refractivity contribution in [1.82, 2.24) is 15.0 Å². The fraction of sp³-hybridized carbons (Fsp3) is 0.100. The van der Waals surface area contributed by atoms with Crippen LogP contribution in [-0.2, 0) is 6.54 Å². The van der Waals surface area contributed by atoms with Crippen molar-refractivity contribution in [2.24, 2.45) is 0 Å². The van der Waals surface area contributed by atoms with Crippen molar-refractivity contribution in [2.45, 2.75) is 6.54 Å². The molecule has 0 saturated heterocycles. The Balaban J connectivity index is 1.96. The molecule has 0 aliphatic carbocycles. The molecule has 2 rings (SSSR count). The van der Waals surface area contributed by atoms with Crippen molar-refractivity contribution >= 4 is 21.9 Å². The summed E-state index contributed by atoms with van der Waals surface area (Å²) in [6.45, 7) is 0.676. The maximum atomic E-state index is 4.10. The summed E-state index contributed by atoms with van der Waals surface area (Å²) in [5.74, 6) is 0.613. The van der Waals surface area contributed by atoms with Gasteiger partial charge in [0.15, 0.2) is 0 Å². The Morgan fingerprint density at radius 3 is 2.67 bits per heavy atom. The van der Waals surface area contributed by atoms with Gasteiger partial charge in [0.25, 0.3) is 0 Å². The minimum Gasteiger partial charge on any atom is -0.350 e. The van der Waals surface area contributed by atoms with E-state index in [1.165, 1.54) is 0 Å². The van der Waals surface area contributed by atoms with E-state index in [0.29, 0.717) is 12.5 Å². The van der Waals surface area contributed by atoms with Crippen LogP contribution in [0, 0.1) is 0 Å². The topological polar surface area (TPSA) is 50.7 Å². The highest BCUT2D eigenvalue weighted by Gasteiger charge is 1.95. The molecule has 0 amide bonds. The lowest BCUT2D eigenvalue weighted by Crippen LogP contribution is -2.03. The Bertz CT molecular complexity index is 415. The van der Waals surface area contributed by atoms with E-state index in [9.17, 15) is 0 Å². The minimum absolute atomic E-state index is 0.613. The number of pyridine rings is 1. The van der Waals surface area contributed by atoms with Crippen LogP contribution >= 0.6 is 15.9 Å². The summed E-state index contributed by atoms with van der Waals surface area (Å²) in [7, 11) is 0. The van der Waals surface area contributed by atoms with E-state index < -0.39 is 0 Å². The van der Waals surface area contributed by atoms with Crippen molar-refractivity contribution in [3.05, 3.63) is 47.0 Å². The molecule has 0 atom stereocenters. The number of anilines is 1. The summed E-state index contributed by atoms with van der Waals surface area (Å²) in [6.07, 6.45) is 6.97. The number of rotatable bonds is 3. The standard InChI is InChI=1S/C10H9BrN4/c11-9-6-14-10(15-7-9)13-5-8-2-1-3-12-4-8/h1-4,6-7H,5H2,(H,13,14,15). The third kappa shape index (κ3) is 2.99. The van der Waals surface area contributed by atoms with Gasteiger partial charge in [-0.2, -0.15) is 0 Å². The highest BCUT2D eigenvalue weighted by atomic mass is 79.9. The molecule has 0 bridgehead atoms. The predicted molar refractivity (Wildman–Crippen MR) is 61.3 cm³/mol. The van der Waals surface area contributed by atoms with E-state index >= 15 is 0 Å². The molecule has 4 nitrogen and oxygen atoms in total. The van der Waals surface area contributed by atoms with Crippen molar-refractivity contribution in [3.8, 4) is 0 Å². The first-order valence-corrected chi connectivity index (χ1v) is 5.24. The molecule has 76 valence electrons. The summed E-state index contributed by atoms with van der Waals surface area (Å²) in [4.78, 5) is 12.2. The molecule has 2 heterocycles. The molecule has 2 aromatic heterocycles. The summed E-state index contributed by atoms with van der Waals surface area (Å²) in [5, 5.41) is 3.11. The predicted octanol–water partition coefficient (Wildman–Crippen LogP) is 2.25. The average molecular weight is 265 g/mol. The van der Waals surface area contributed by atoms with Gasteiger partial charge < -0.3 is 5.32 Å². The Morgan fingerprint density at radius 2 is 2.00 bits per heavy atom. The number of hydrogen-bond donors (Lipinski definition) is 1. The Morgan fingerprint density at radius 1 is 1.20 bits per heavy atom. The van der Waals surface area contributed by atoms with Crippen LogP contribution < -0.4 is 5.32 Å². The molecule has 15 heavy (non-hydrogen) atoms. The summed E-state index contributed by atoms with van der Waals surface area (Å²) >= 11 is 3.28. The van der Waals surface area contributed by atoms with Crippen LogP contribution in [-0.4, -0.2) is 15.0 Å². The van der Waals surface area contributed by atoms with Crippen LogP contribution in [0.4, 0.5) is 5.95 Å². The second kappa shape index (κ2) is 4.84. The van der Waals surface area contributed by atoms with Crippen molar-refractivity contribution < 1.29 is 0 Å². The molecule has 0 aromatic carbocycles. The van der Waals surface area contributed by atoms with E-state index in [0.717, 1.165) is 10.0 Å². The number of aromatic nitrogens is 3. The second-order valence-corrected chi connectivity index (χ2v) is 3.86. The van der Waals surface area contributed by atoms with Crippen molar-refractivity contribution in [2.75, 3.05) is 5.32 Å². The second-order valence-electron chi connectivity index (χ2n) is 2.94. The molecule has 2 aromatic rings. The SMILES string of the molecule is Brc1cnc(NCc2cccnc2)nc1. The number of halogens is 1. The summed E-state index contributed by atoms with van der Waals surface area (Å²) in [5.41, 5.74) is 1.10. The smallest absolute Gasteiger partial charge is 0.222 e. The lowest BCUT2D eigenvalue weighted by atomic mass is 10.3. The molecule has 5 heteroatoms. The fourth-order valence-electron chi connectivity index (χ4n) is 1.09. The van der Waals surface area contributed by atoms with E-state index in [1.807, 2.05) is 18.3 Å². The Labute approximate surface area is 95.9 Å². The molecule has 1 N–H and O–H groups in total. The lowest BCUT2D eigenvalue weighted by Gasteiger charge is -2.03. The molecule has 0 spiro atoms. The van der Waals surface area contributed by atoms with Gasteiger partial charge >= 0.3 is 0 Å². The zero-order chi connectivity index (χ0) is 10.5. The zero-order valence-electron chi connectivity index (χ0n) is 7.89. The normalized spacial score (nSPS) is 9.93. The van der Waals surface area contributed by atoms with Crippen LogP contribution in [0.3, 0.4) is 0 Å². The van der Waals surface area contributed by atoms with Crippen LogP contribution in [0.1, 0.15) is 5.56 Å². The number of nitrogens with one attached hydrogen (secondary N) is 1. The van der Waals surface area contributed by atoms with Crippen molar-refractivity contribution in [3.63, 3.8) is 0 Å². The van der Waals surface area contributed by atoms with Gasteiger partial charge in [-0.3, -0.25) is 4.98 Å². The highest BCUT2D eigenvalue weighted by Crippen LogP contribution is 2.07. The molecular weight excluding hydrogens is 256 g/mol. The molecular formula is C10H9BrN4. The Kier molecular flexibility index (Phi) is 3.24. The van der Waals surface area contributed by atoms with Crippen LogP contribution in [0.5, 0.6) is 0 Å². The quantitative estimate of drug-likeness (QED) is 0.924. The van der Waals surface area contributed by atoms with Crippen molar-refractivity contribution in [1.29, 1.82) is 0 Å². The average Bonchev–Trinajstić information content (AvgIpc) is 2.30. The van der Waals surface area contributed by atoms with Crippen LogP contribution in [0.25, 0.3) is 0 Å². The number of nitrogens with zero attached hydrogens (tertiary/aromatic N) is 3. The Hall–Kier alpha value is -1.49. The lowest BCUT2D eigenvalue weighted by molar-refractivity contribution is 1.04. The van der Waals surface area contributed by atoms with E-state index in [4.69, 9.17) is 0 Å². The van der Waals surface area contributed by atoms with E-state index in [-0.39, 0.29) is 0 Å². The molecule has 0 fully saturated rings. The molecule has 0 aliphatic heterocycles. The van der Waals surface area contributed by atoms with Gasteiger partial charge in [-0.1, -0.05) is 6.07 Å². The van der Waals surface area contributed by atoms with Gasteiger partial charge in [0, 0.05) is 31.3 Å².